The zero-order chi connectivity index (χ0) is 11.7. The molecule has 0 aromatic heterocycles. The largest absolute Gasteiger partial charge is 0.303 e. The Morgan fingerprint density at radius 2 is 2.27 bits per heavy atom. The fraction of sp³-hybridized carbons (Fsp3) is 0.400. The van der Waals surface area contributed by atoms with Gasteiger partial charge in [0.2, 0.25) is 0 Å². The van der Waals surface area contributed by atoms with Gasteiger partial charge in [0.15, 0.2) is 0 Å². The van der Waals surface area contributed by atoms with Gasteiger partial charge in [0.05, 0.1) is 17.5 Å². The fourth-order valence-electron chi connectivity index (χ4n) is 0.585. The van der Waals surface area contributed by atoms with Crippen LogP contribution >= 0.6 is 0 Å². The number of nitrogens with one attached hydrogen (secondary N) is 2. The van der Waals surface area contributed by atoms with Gasteiger partial charge in [-0.3, -0.25) is 5.21 Å². The maximum atomic E-state index is 9.61. The zero-order valence-electron chi connectivity index (χ0n) is 8.08. The molecule has 0 heterocycles. The second-order valence-corrected chi connectivity index (χ2v) is 2.35. The molecule has 10 heteroatoms. The molecule has 0 bridgehead atoms. The quantitative estimate of drug-likeness (QED) is 0.114. The van der Waals surface area contributed by atoms with Gasteiger partial charge in [0, 0.05) is 0 Å². The summed E-state index contributed by atoms with van der Waals surface area (Å²) in [5, 5.41) is 21.4. The van der Waals surface area contributed by atoms with E-state index in [9.17, 15) is 4.91 Å². The van der Waals surface area contributed by atoms with Gasteiger partial charge in [-0.2, -0.15) is 15.8 Å². The molecule has 0 aromatic rings. The third-order valence-corrected chi connectivity index (χ3v) is 1.32. The van der Waals surface area contributed by atoms with Crippen LogP contribution < -0.4 is 16.9 Å². The van der Waals surface area contributed by atoms with E-state index >= 15 is 0 Å². The van der Waals surface area contributed by atoms with Gasteiger partial charge < -0.3 is 5.84 Å². The molecule has 0 atom stereocenters. The first kappa shape index (κ1) is 12.8. The molecule has 0 unspecified atom stereocenters. The van der Waals surface area contributed by atoms with Crippen LogP contribution in [0.5, 0.6) is 0 Å². The predicted octanol–water partition coefficient (Wildman–Crippen LogP) is -0.374. The molecule has 0 fully saturated rings. The Hall–Kier alpha value is -2.23. The molecule has 0 aliphatic carbocycles. The first-order valence-corrected chi connectivity index (χ1v) is 3.73. The third-order valence-electron chi connectivity index (χ3n) is 1.32. The molecule has 0 saturated carbocycles. The Morgan fingerprint density at radius 3 is 2.80 bits per heavy atom. The van der Waals surface area contributed by atoms with E-state index in [1.165, 1.54) is 0 Å². The van der Waals surface area contributed by atoms with E-state index in [0.717, 1.165) is 0 Å². The summed E-state index contributed by atoms with van der Waals surface area (Å²) < 4.78 is 0. The molecule has 0 saturated heterocycles. The number of nitrogens with zero attached hydrogens (tertiary/aromatic N) is 5. The highest BCUT2D eigenvalue weighted by atomic mass is 16.5. The minimum Gasteiger partial charge on any atom is -0.303 e. The molecular weight excluding hydrogens is 204 g/mol. The Bertz CT molecular complexity index is 274. The van der Waals surface area contributed by atoms with Crippen LogP contribution in [-0.2, 0) is 0 Å². The van der Waals surface area contributed by atoms with Crippen molar-refractivity contribution < 1.29 is 5.21 Å². The van der Waals surface area contributed by atoms with E-state index in [2.05, 4.69) is 32.9 Å². The molecule has 0 rings (SSSR count). The molecule has 0 spiro atoms. The lowest BCUT2D eigenvalue weighted by Crippen LogP contribution is -2.24. The second kappa shape index (κ2) is 7.20. The fourth-order valence-corrected chi connectivity index (χ4v) is 0.585. The van der Waals surface area contributed by atoms with Crippen molar-refractivity contribution in [2.24, 2.45) is 26.7 Å². The number of hydrogen-bond acceptors (Lipinski definition) is 7. The number of hydrazine groups is 1. The van der Waals surface area contributed by atoms with Crippen LogP contribution in [0.1, 0.15) is 6.92 Å². The summed E-state index contributed by atoms with van der Waals surface area (Å²) in [5.74, 6) is 4.71. The van der Waals surface area contributed by atoms with Crippen LogP contribution in [0.3, 0.4) is 0 Å². The van der Waals surface area contributed by atoms with Gasteiger partial charge in [-0.05, 0) is 17.7 Å². The summed E-state index contributed by atoms with van der Waals surface area (Å²) in [6.07, 6.45) is 0. The minimum atomic E-state index is -0.0216. The van der Waals surface area contributed by atoms with Crippen molar-refractivity contribution in [1.29, 1.82) is 0 Å². The SMILES string of the molecule is C=C(CN(O)/N=N\N)/C(C)=N/NNN=O. The summed E-state index contributed by atoms with van der Waals surface area (Å²) in [6, 6.07) is 0. The normalized spacial score (nSPS) is 11.2. The van der Waals surface area contributed by atoms with Crippen LogP contribution in [0.2, 0.25) is 0 Å². The van der Waals surface area contributed by atoms with Gasteiger partial charge in [0.25, 0.3) is 0 Å². The minimum absolute atomic E-state index is 0.0216. The highest BCUT2D eigenvalue weighted by molar-refractivity contribution is 5.97. The first-order chi connectivity index (χ1) is 7.11. The first-order valence-electron chi connectivity index (χ1n) is 3.73. The molecule has 84 valence electrons. The molecule has 0 aliphatic rings. The van der Waals surface area contributed by atoms with Crippen LogP contribution in [0.25, 0.3) is 0 Å². The Labute approximate surface area is 85.3 Å². The van der Waals surface area contributed by atoms with E-state index in [-0.39, 0.29) is 6.54 Å². The lowest BCUT2D eigenvalue weighted by atomic mass is 10.2. The number of hydrogen-bond donors (Lipinski definition) is 4. The van der Waals surface area contributed by atoms with Crippen molar-refractivity contribution in [1.82, 2.24) is 16.2 Å². The lowest BCUT2D eigenvalue weighted by Gasteiger charge is -2.10. The molecule has 0 aliphatic heterocycles. The molecule has 5 N–H and O–H groups in total. The number of rotatable bonds is 7. The average molecular weight is 216 g/mol. The summed E-state index contributed by atoms with van der Waals surface area (Å²) in [4.78, 5) is 9.61. The highest BCUT2D eigenvalue weighted by Crippen LogP contribution is 1.97. The lowest BCUT2D eigenvalue weighted by molar-refractivity contribution is -0.0887. The molecule has 10 nitrogen and oxygen atoms in total. The Morgan fingerprint density at radius 1 is 1.60 bits per heavy atom. The zero-order valence-corrected chi connectivity index (χ0v) is 8.08. The number of nitroso groups, excluding NO2 is 1. The molecule has 0 radical (unpaired) electrons. The summed E-state index contributed by atoms with van der Waals surface area (Å²) in [6.45, 7) is 5.19. The summed E-state index contributed by atoms with van der Waals surface area (Å²) in [5.41, 5.74) is 4.90. The molecule has 0 aromatic carbocycles. The third kappa shape index (κ3) is 5.93. The monoisotopic (exact) mass is 216 g/mol. The Kier molecular flexibility index (Phi) is 6.13. The van der Waals surface area contributed by atoms with E-state index < -0.39 is 0 Å². The van der Waals surface area contributed by atoms with Crippen molar-refractivity contribution in [3.05, 3.63) is 17.1 Å². The van der Waals surface area contributed by atoms with Gasteiger partial charge >= 0.3 is 0 Å². The van der Waals surface area contributed by atoms with E-state index in [1.54, 1.807) is 6.92 Å². The van der Waals surface area contributed by atoms with Gasteiger partial charge in [0.1, 0.15) is 0 Å². The van der Waals surface area contributed by atoms with E-state index in [0.29, 0.717) is 16.5 Å². The van der Waals surface area contributed by atoms with Crippen molar-refractivity contribution >= 4 is 5.71 Å². The molecule has 15 heavy (non-hydrogen) atoms. The van der Waals surface area contributed by atoms with Gasteiger partial charge in [-0.1, -0.05) is 11.8 Å². The van der Waals surface area contributed by atoms with Crippen LogP contribution in [0, 0.1) is 4.91 Å². The van der Waals surface area contributed by atoms with E-state index in [1.807, 2.05) is 5.53 Å². The van der Waals surface area contributed by atoms with Gasteiger partial charge in [-0.15, -0.1) is 4.91 Å². The van der Waals surface area contributed by atoms with Crippen LogP contribution in [-0.4, -0.2) is 22.6 Å². The summed E-state index contributed by atoms with van der Waals surface area (Å²) >= 11 is 0. The van der Waals surface area contributed by atoms with Crippen LogP contribution in [0.4, 0.5) is 0 Å². The standard InChI is InChI=1S/C5H12N8O2/c1-4(3-13(15)11-8-6)5(2)7-9-10-12-14/h15H,1,3H2,2H3,(H2,6,11)(H,9,12)(H,10,14)/b7-5+. The average Bonchev–Trinajstić information content (AvgIpc) is 2.18. The van der Waals surface area contributed by atoms with Crippen molar-refractivity contribution in [3.8, 4) is 0 Å². The topological polar surface area (TPSA) is 140 Å². The summed E-state index contributed by atoms with van der Waals surface area (Å²) in [7, 11) is 0. The molecule has 0 amide bonds. The Balaban J connectivity index is 4.08. The smallest absolute Gasteiger partial charge is 0.0927 e. The highest BCUT2D eigenvalue weighted by Gasteiger charge is 2.03. The maximum absolute atomic E-state index is 9.61. The van der Waals surface area contributed by atoms with Crippen molar-refractivity contribution in [3.63, 3.8) is 0 Å². The maximum Gasteiger partial charge on any atom is 0.0927 e. The van der Waals surface area contributed by atoms with E-state index in [4.69, 9.17) is 11.0 Å². The van der Waals surface area contributed by atoms with Gasteiger partial charge in [-0.25, -0.2) is 5.53 Å². The van der Waals surface area contributed by atoms with Crippen molar-refractivity contribution in [2.75, 3.05) is 6.54 Å². The predicted molar refractivity (Wildman–Crippen MR) is 51.9 cm³/mol. The second-order valence-electron chi connectivity index (χ2n) is 2.35. The number of nitrogens with two attached hydrogens (primary N) is 1. The molecular formula is C5H12N8O2. The van der Waals surface area contributed by atoms with Crippen LogP contribution in [0.15, 0.2) is 33.0 Å². The number of hydrazone groups is 1. The van der Waals surface area contributed by atoms with Crippen molar-refractivity contribution in [2.45, 2.75) is 6.92 Å². The number of hydroxylamine groups is 1.